The number of hydrogen-bond donors (Lipinski definition) is 1. The van der Waals surface area contributed by atoms with Crippen LogP contribution in [0.4, 0.5) is 8.78 Å². The maximum atomic E-state index is 13.3. The number of nitrogens with one attached hydrogen (secondary N) is 1. The number of benzene rings is 2. The summed E-state index contributed by atoms with van der Waals surface area (Å²) in [7, 11) is 1.84. The predicted octanol–water partition coefficient (Wildman–Crippen LogP) is 3.31. The molecule has 0 bridgehead atoms. The number of halogens is 2. The first-order valence-corrected chi connectivity index (χ1v) is 7.11. The van der Waals surface area contributed by atoms with Gasteiger partial charge in [0, 0.05) is 12.6 Å². The van der Waals surface area contributed by atoms with E-state index in [9.17, 15) is 13.6 Å². The summed E-state index contributed by atoms with van der Waals surface area (Å²) in [4.78, 5) is 16.5. The van der Waals surface area contributed by atoms with Gasteiger partial charge in [0.1, 0.15) is 6.04 Å². The zero-order valence-electron chi connectivity index (χ0n) is 12.4. The van der Waals surface area contributed by atoms with E-state index in [0.717, 1.165) is 5.52 Å². The standard InChI is InChI=1S/C17H15F2N3O/c1-22-10-20-13-9-12(7-8-14(13)22)17(23)21-15(16(18)19)11-5-3-2-4-6-11/h2-10,15-16H,1H3,(H,21,23)/t15-/m0/s1. The molecule has 0 saturated heterocycles. The lowest BCUT2D eigenvalue weighted by Gasteiger charge is -2.18. The summed E-state index contributed by atoms with van der Waals surface area (Å²) in [6.07, 6.45) is -1.06. The minimum absolute atomic E-state index is 0.304. The Morgan fingerprint density at radius 3 is 2.61 bits per heavy atom. The van der Waals surface area contributed by atoms with Crippen molar-refractivity contribution in [2.75, 3.05) is 0 Å². The molecule has 1 heterocycles. The van der Waals surface area contributed by atoms with E-state index in [1.54, 1.807) is 54.9 Å². The van der Waals surface area contributed by atoms with Crippen molar-refractivity contribution in [2.45, 2.75) is 12.5 Å². The Kier molecular flexibility index (Phi) is 4.06. The monoisotopic (exact) mass is 315 g/mol. The predicted molar refractivity (Wildman–Crippen MR) is 83.4 cm³/mol. The molecule has 0 unspecified atom stereocenters. The van der Waals surface area contributed by atoms with Crippen LogP contribution in [0.2, 0.25) is 0 Å². The van der Waals surface area contributed by atoms with Crippen LogP contribution in [0.3, 0.4) is 0 Å². The van der Waals surface area contributed by atoms with Crippen molar-refractivity contribution >= 4 is 16.9 Å². The van der Waals surface area contributed by atoms with Crippen LogP contribution in [0.25, 0.3) is 11.0 Å². The normalized spacial score (nSPS) is 12.5. The van der Waals surface area contributed by atoms with E-state index in [0.29, 0.717) is 16.6 Å². The van der Waals surface area contributed by atoms with E-state index >= 15 is 0 Å². The van der Waals surface area contributed by atoms with Crippen LogP contribution in [0.5, 0.6) is 0 Å². The van der Waals surface area contributed by atoms with Gasteiger partial charge in [0.05, 0.1) is 17.4 Å². The Morgan fingerprint density at radius 1 is 1.17 bits per heavy atom. The van der Waals surface area contributed by atoms with Crippen molar-refractivity contribution in [3.8, 4) is 0 Å². The number of hydrogen-bond acceptors (Lipinski definition) is 2. The van der Waals surface area contributed by atoms with Crippen molar-refractivity contribution in [3.05, 3.63) is 66.0 Å². The van der Waals surface area contributed by atoms with Crippen LogP contribution in [-0.2, 0) is 7.05 Å². The third-order valence-corrected chi connectivity index (χ3v) is 3.68. The van der Waals surface area contributed by atoms with Gasteiger partial charge >= 0.3 is 0 Å². The number of amides is 1. The number of fused-ring (bicyclic) bond motifs is 1. The first-order valence-electron chi connectivity index (χ1n) is 7.11. The molecule has 0 aliphatic rings. The van der Waals surface area contributed by atoms with Crippen LogP contribution in [0.15, 0.2) is 54.9 Å². The van der Waals surface area contributed by atoms with Gasteiger partial charge in [-0.25, -0.2) is 13.8 Å². The van der Waals surface area contributed by atoms with Crippen LogP contribution in [0.1, 0.15) is 22.0 Å². The first kappa shape index (κ1) is 15.1. The van der Waals surface area contributed by atoms with Crippen LogP contribution in [-0.4, -0.2) is 21.9 Å². The number of aryl methyl sites for hydroxylation is 1. The minimum Gasteiger partial charge on any atom is -0.339 e. The van der Waals surface area contributed by atoms with E-state index in [1.807, 2.05) is 11.6 Å². The van der Waals surface area contributed by atoms with Crippen LogP contribution >= 0.6 is 0 Å². The fourth-order valence-electron chi connectivity index (χ4n) is 2.45. The van der Waals surface area contributed by atoms with Crippen LogP contribution < -0.4 is 5.32 Å². The molecule has 2 aromatic carbocycles. The molecule has 1 amide bonds. The minimum atomic E-state index is -2.69. The zero-order valence-corrected chi connectivity index (χ0v) is 12.4. The van der Waals surface area contributed by atoms with Crippen molar-refractivity contribution < 1.29 is 13.6 Å². The van der Waals surface area contributed by atoms with Gasteiger partial charge in [-0.1, -0.05) is 30.3 Å². The second-order valence-electron chi connectivity index (χ2n) is 5.26. The first-order chi connectivity index (χ1) is 11.1. The SMILES string of the molecule is Cn1cnc2cc(C(=O)N[C@@H](c3ccccc3)C(F)F)ccc21. The van der Waals surface area contributed by atoms with E-state index < -0.39 is 18.4 Å². The summed E-state index contributed by atoms with van der Waals surface area (Å²) >= 11 is 0. The summed E-state index contributed by atoms with van der Waals surface area (Å²) in [5, 5.41) is 2.40. The molecule has 4 nitrogen and oxygen atoms in total. The molecular formula is C17H15F2N3O. The van der Waals surface area contributed by atoms with E-state index in [1.165, 1.54) is 0 Å². The average Bonchev–Trinajstić information content (AvgIpc) is 2.93. The Labute approximate surface area is 131 Å². The highest BCUT2D eigenvalue weighted by Crippen LogP contribution is 2.21. The molecule has 3 rings (SSSR count). The van der Waals surface area contributed by atoms with E-state index in [2.05, 4.69) is 10.3 Å². The Balaban J connectivity index is 1.86. The summed E-state index contributed by atoms with van der Waals surface area (Å²) in [5.74, 6) is -0.549. The molecule has 0 spiro atoms. The molecule has 1 atom stereocenters. The zero-order chi connectivity index (χ0) is 16.4. The highest BCUT2D eigenvalue weighted by atomic mass is 19.3. The number of carbonyl (C=O) groups excluding carboxylic acids is 1. The van der Waals surface area contributed by atoms with Gasteiger partial charge in [0.2, 0.25) is 0 Å². The number of aromatic nitrogens is 2. The molecule has 6 heteroatoms. The summed E-state index contributed by atoms with van der Waals surface area (Å²) in [6.45, 7) is 0. The molecule has 0 radical (unpaired) electrons. The van der Waals surface area contributed by atoms with Gasteiger partial charge in [0.25, 0.3) is 12.3 Å². The molecule has 0 aliphatic heterocycles. The summed E-state index contributed by atoms with van der Waals surface area (Å²) < 4.78 is 28.4. The van der Waals surface area contributed by atoms with Gasteiger partial charge in [-0.2, -0.15) is 0 Å². The molecule has 0 aliphatic carbocycles. The molecule has 118 valence electrons. The molecule has 3 aromatic rings. The van der Waals surface area contributed by atoms with Crippen LogP contribution in [0, 0.1) is 0 Å². The second kappa shape index (κ2) is 6.16. The average molecular weight is 315 g/mol. The smallest absolute Gasteiger partial charge is 0.262 e. The van der Waals surface area contributed by atoms with Gasteiger partial charge < -0.3 is 9.88 Å². The fourth-order valence-corrected chi connectivity index (χ4v) is 2.45. The summed E-state index contributed by atoms with van der Waals surface area (Å²) in [5.41, 5.74) is 2.19. The lowest BCUT2D eigenvalue weighted by molar-refractivity contribution is 0.0744. The molecular weight excluding hydrogens is 300 g/mol. The van der Waals surface area contributed by atoms with Crippen molar-refractivity contribution in [1.82, 2.24) is 14.9 Å². The largest absolute Gasteiger partial charge is 0.339 e. The second-order valence-corrected chi connectivity index (χ2v) is 5.26. The van der Waals surface area contributed by atoms with Gasteiger partial charge in [-0.3, -0.25) is 4.79 Å². The Hall–Kier alpha value is -2.76. The lowest BCUT2D eigenvalue weighted by atomic mass is 10.1. The number of imidazole rings is 1. The lowest BCUT2D eigenvalue weighted by Crippen LogP contribution is -2.32. The Morgan fingerprint density at radius 2 is 1.91 bits per heavy atom. The molecule has 0 saturated carbocycles. The molecule has 23 heavy (non-hydrogen) atoms. The fraction of sp³-hybridized carbons (Fsp3) is 0.176. The van der Waals surface area contributed by atoms with Gasteiger partial charge in [0.15, 0.2) is 0 Å². The number of carbonyl (C=O) groups is 1. The number of alkyl halides is 2. The van der Waals surface area contributed by atoms with Gasteiger partial charge in [-0.05, 0) is 23.8 Å². The third-order valence-electron chi connectivity index (χ3n) is 3.68. The van der Waals surface area contributed by atoms with Crippen molar-refractivity contribution in [2.24, 2.45) is 7.05 Å². The van der Waals surface area contributed by atoms with E-state index in [-0.39, 0.29) is 0 Å². The quantitative estimate of drug-likeness (QED) is 0.803. The molecule has 1 aromatic heterocycles. The number of rotatable bonds is 4. The highest BCUT2D eigenvalue weighted by molar-refractivity contribution is 5.97. The van der Waals surface area contributed by atoms with Gasteiger partial charge in [-0.15, -0.1) is 0 Å². The number of nitrogens with zero attached hydrogens (tertiary/aromatic N) is 2. The Bertz CT molecular complexity index is 830. The maximum absolute atomic E-state index is 13.3. The third kappa shape index (κ3) is 3.06. The topological polar surface area (TPSA) is 46.9 Å². The summed E-state index contributed by atoms with van der Waals surface area (Å²) in [6, 6.07) is 11.8. The molecule has 0 fully saturated rings. The maximum Gasteiger partial charge on any atom is 0.262 e. The van der Waals surface area contributed by atoms with Crippen molar-refractivity contribution in [1.29, 1.82) is 0 Å². The van der Waals surface area contributed by atoms with E-state index in [4.69, 9.17) is 0 Å². The molecule has 1 N–H and O–H groups in total. The van der Waals surface area contributed by atoms with Crippen molar-refractivity contribution in [3.63, 3.8) is 0 Å². The highest BCUT2D eigenvalue weighted by Gasteiger charge is 2.24.